The summed E-state index contributed by atoms with van der Waals surface area (Å²) in [6.07, 6.45) is 2.78. The van der Waals surface area contributed by atoms with Gasteiger partial charge in [0.25, 0.3) is 11.5 Å². The van der Waals surface area contributed by atoms with E-state index in [9.17, 15) is 18.4 Å². The largest absolute Gasteiger partial charge is 0.493 e. The van der Waals surface area contributed by atoms with Crippen molar-refractivity contribution in [3.63, 3.8) is 0 Å². The summed E-state index contributed by atoms with van der Waals surface area (Å²) in [6.45, 7) is 1.90. The smallest absolute Gasteiger partial charge is 0.271 e. The van der Waals surface area contributed by atoms with Crippen molar-refractivity contribution >= 4 is 29.0 Å². The van der Waals surface area contributed by atoms with Crippen LogP contribution in [0.15, 0.2) is 71.8 Å². The fraction of sp³-hybridized carbons (Fsp3) is 0.0800. The molecule has 12 heteroatoms. The van der Waals surface area contributed by atoms with Gasteiger partial charge in [-0.1, -0.05) is 11.6 Å². The Morgan fingerprint density at radius 3 is 2.49 bits per heavy atom. The molecule has 0 unspecified atom stereocenters. The van der Waals surface area contributed by atoms with Crippen LogP contribution in [0.3, 0.4) is 0 Å². The van der Waals surface area contributed by atoms with E-state index in [4.69, 9.17) is 26.8 Å². The van der Waals surface area contributed by atoms with E-state index < -0.39 is 23.1 Å². The maximum atomic E-state index is 14.7. The number of nitrogens with zero attached hydrogens (tertiary/aromatic N) is 2. The Balaban J connectivity index is 0.00000380. The number of hydrogen-bond donors (Lipinski definition) is 2. The lowest BCUT2D eigenvalue weighted by Gasteiger charge is -2.14. The fourth-order valence-corrected chi connectivity index (χ4v) is 3.45. The third-order valence-electron chi connectivity index (χ3n) is 4.98. The number of nitrogen functional groups attached to an aromatic ring is 1. The molecule has 4 aromatic rings. The van der Waals surface area contributed by atoms with Crippen molar-refractivity contribution in [2.75, 3.05) is 17.7 Å². The summed E-state index contributed by atoms with van der Waals surface area (Å²) < 4.78 is 40.2. The Bertz CT molecular complexity index is 1500. The van der Waals surface area contributed by atoms with Crippen molar-refractivity contribution in [1.29, 1.82) is 0 Å². The molecule has 0 fully saturated rings. The van der Waals surface area contributed by atoms with Crippen molar-refractivity contribution in [2.45, 2.75) is 6.92 Å². The number of halogens is 3. The molecule has 0 radical (unpaired) electrons. The molecule has 9 nitrogen and oxygen atoms in total. The lowest BCUT2D eigenvalue weighted by Crippen LogP contribution is -2.29. The molecular weight excluding hydrogens is 510 g/mol. The van der Waals surface area contributed by atoms with E-state index >= 15 is 0 Å². The quantitative estimate of drug-likeness (QED) is 0.364. The van der Waals surface area contributed by atoms with Gasteiger partial charge in [0.15, 0.2) is 17.3 Å². The molecular formula is C25H21ClF2N4O5. The first-order valence-electron chi connectivity index (χ1n) is 10.6. The summed E-state index contributed by atoms with van der Waals surface area (Å²) in [5.41, 5.74) is 5.04. The SMILES string of the molecule is CCOc1ccn(-c2ccc(F)cc2)c(=O)c1C(=O)Nc1ccc(Oc2ccnc(N)c2Cl)c(F)c1.O. The maximum absolute atomic E-state index is 14.7. The van der Waals surface area contributed by atoms with Crippen LogP contribution >= 0.6 is 11.6 Å². The van der Waals surface area contributed by atoms with Crippen LogP contribution in [0.4, 0.5) is 20.3 Å². The Morgan fingerprint density at radius 2 is 1.81 bits per heavy atom. The zero-order chi connectivity index (χ0) is 25.8. The van der Waals surface area contributed by atoms with E-state index in [1.165, 1.54) is 65.5 Å². The van der Waals surface area contributed by atoms with Crippen molar-refractivity contribution in [3.05, 3.63) is 99.6 Å². The van der Waals surface area contributed by atoms with Gasteiger partial charge in [0.05, 0.1) is 6.61 Å². The highest BCUT2D eigenvalue weighted by molar-refractivity contribution is 6.34. The predicted molar refractivity (Wildman–Crippen MR) is 135 cm³/mol. The van der Waals surface area contributed by atoms with Crippen molar-refractivity contribution in [3.8, 4) is 22.9 Å². The van der Waals surface area contributed by atoms with Crippen LogP contribution in [0, 0.1) is 11.6 Å². The van der Waals surface area contributed by atoms with Gasteiger partial charge in [0, 0.05) is 35.9 Å². The van der Waals surface area contributed by atoms with E-state index in [0.717, 1.165) is 6.07 Å². The van der Waals surface area contributed by atoms with Crippen LogP contribution in [0.5, 0.6) is 17.2 Å². The first-order valence-corrected chi connectivity index (χ1v) is 11.0. The summed E-state index contributed by atoms with van der Waals surface area (Å²) >= 11 is 6.03. The van der Waals surface area contributed by atoms with Gasteiger partial charge in [-0.05, 0) is 49.4 Å². The Labute approximate surface area is 214 Å². The topological polar surface area (TPSA) is 140 Å². The number of hydrogen-bond acceptors (Lipinski definition) is 6. The minimum Gasteiger partial charge on any atom is -0.493 e. The van der Waals surface area contributed by atoms with Gasteiger partial charge in [-0.15, -0.1) is 0 Å². The average Bonchev–Trinajstić information content (AvgIpc) is 2.84. The number of amides is 1. The molecule has 5 N–H and O–H groups in total. The van der Waals surface area contributed by atoms with Crippen LogP contribution in [-0.4, -0.2) is 27.5 Å². The highest BCUT2D eigenvalue weighted by Gasteiger charge is 2.21. The number of carbonyl (C=O) groups excluding carboxylic acids is 1. The maximum Gasteiger partial charge on any atom is 0.271 e. The highest BCUT2D eigenvalue weighted by Crippen LogP contribution is 2.34. The number of carbonyl (C=O) groups is 1. The molecule has 0 saturated carbocycles. The molecule has 192 valence electrons. The molecule has 1 amide bonds. The van der Waals surface area contributed by atoms with Gasteiger partial charge < -0.3 is 26.0 Å². The summed E-state index contributed by atoms with van der Waals surface area (Å²) in [6, 6.07) is 11.7. The molecule has 0 aliphatic heterocycles. The molecule has 4 rings (SSSR count). The molecule has 0 atom stereocenters. The number of aromatic nitrogens is 2. The van der Waals surface area contributed by atoms with E-state index in [2.05, 4.69) is 10.3 Å². The number of ether oxygens (including phenoxy) is 2. The number of benzene rings is 2. The third kappa shape index (κ3) is 5.85. The zero-order valence-corrected chi connectivity index (χ0v) is 20.1. The standard InChI is InChI=1S/C25H19ClF2N4O4.H2O/c1-2-35-19-10-12-32(16-6-3-14(27)4-7-16)25(34)21(19)24(33)31-15-5-8-18(17(28)13-15)36-20-9-11-30-23(29)22(20)26;/h3-13H,2H2,1H3,(H2,29,30)(H,31,33);1H2. The van der Waals surface area contributed by atoms with Crippen LogP contribution in [-0.2, 0) is 0 Å². The molecule has 0 bridgehead atoms. The molecule has 0 saturated heterocycles. The second-order valence-corrected chi connectivity index (χ2v) is 7.73. The summed E-state index contributed by atoms with van der Waals surface area (Å²) in [7, 11) is 0. The van der Waals surface area contributed by atoms with Crippen molar-refractivity contribution < 1.29 is 28.5 Å². The van der Waals surface area contributed by atoms with Gasteiger partial charge in [-0.3, -0.25) is 14.2 Å². The lowest BCUT2D eigenvalue weighted by molar-refractivity contribution is 0.102. The first kappa shape index (κ1) is 27.1. The Hall–Kier alpha value is -4.48. The van der Waals surface area contributed by atoms with E-state index in [-0.39, 0.29) is 51.4 Å². The fourth-order valence-electron chi connectivity index (χ4n) is 3.30. The number of anilines is 2. The normalized spacial score (nSPS) is 10.4. The third-order valence-corrected chi connectivity index (χ3v) is 5.36. The van der Waals surface area contributed by atoms with Gasteiger partial charge in [-0.25, -0.2) is 13.8 Å². The molecule has 2 aromatic heterocycles. The number of nitrogens with one attached hydrogen (secondary N) is 1. The van der Waals surface area contributed by atoms with E-state index in [0.29, 0.717) is 5.69 Å². The zero-order valence-electron chi connectivity index (χ0n) is 19.3. The molecule has 0 spiro atoms. The minimum absolute atomic E-state index is 0. The molecule has 0 aliphatic carbocycles. The summed E-state index contributed by atoms with van der Waals surface area (Å²) in [5.74, 6) is -2.10. The van der Waals surface area contributed by atoms with Crippen molar-refractivity contribution in [1.82, 2.24) is 9.55 Å². The molecule has 2 aromatic carbocycles. The van der Waals surface area contributed by atoms with E-state index in [1.807, 2.05) is 0 Å². The molecule has 0 aliphatic rings. The van der Waals surface area contributed by atoms with Crippen molar-refractivity contribution in [2.24, 2.45) is 0 Å². The molecule has 2 heterocycles. The van der Waals surface area contributed by atoms with Crippen LogP contribution < -0.4 is 26.1 Å². The van der Waals surface area contributed by atoms with Crippen LogP contribution in [0.1, 0.15) is 17.3 Å². The monoisotopic (exact) mass is 530 g/mol. The Kier molecular flexibility index (Phi) is 8.43. The van der Waals surface area contributed by atoms with Gasteiger partial charge in [0.2, 0.25) is 0 Å². The van der Waals surface area contributed by atoms with Crippen LogP contribution in [0.2, 0.25) is 5.02 Å². The number of nitrogens with two attached hydrogens (primary N) is 1. The first-order chi connectivity index (χ1) is 17.3. The van der Waals surface area contributed by atoms with Gasteiger partial charge in [-0.2, -0.15) is 0 Å². The van der Waals surface area contributed by atoms with E-state index in [1.54, 1.807) is 6.92 Å². The predicted octanol–water partition coefficient (Wildman–Crippen LogP) is 4.36. The number of rotatable bonds is 7. The van der Waals surface area contributed by atoms with Crippen LogP contribution in [0.25, 0.3) is 5.69 Å². The van der Waals surface area contributed by atoms with Gasteiger partial charge in [0.1, 0.15) is 28.0 Å². The Morgan fingerprint density at radius 1 is 1.08 bits per heavy atom. The highest BCUT2D eigenvalue weighted by atomic mass is 35.5. The summed E-state index contributed by atoms with van der Waals surface area (Å²) in [4.78, 5) is 30.1. The minimum atomic E-state index is -0.821. The summed E-state index contributed by atoms with van der Waals surface area (Å²) in [5, 5.41) is 2.52. The second-order valence-electron chi connectivity index (χ2n) is 7.35. The van der Waals surface area contributed by atoms with Gasteiger partial charge >= 0.3 is 0 Å². The second kappa shape index (κ2) is 11.5. The lowest BCUT2D eigenvalue weighted by atomic mass is 10.2. The average molecular weight is 531 g/mol. The molecule has 37 heavy (non-hydrogen) atoms. The number of pyridine rings is 2.